The molecule has 1 aromatic rings. The first-order valence-corrected chi connectivity index (χ1v) is 9.02. The number of piperidine rings is 1. The number of nitro groups is 1. The molecular weight excluding hydrogens is 336 g/mol. The first-order valence-electron chi connectivity index (χ1n) is 9.02. The van der Waals surface area contributed by atoms with Gasteiger partial charge < -0.3 is 15.5 Å². The Morgan fingerprint density at radius 2 is 2.08 bits per heavy atom. The zero-order valence-corrected chi connectivity index (χ0v) is 14.9. The van der Waals surface area contributed by atoms with Crippen LogP contribution in [0.25, 0.3) is 0 Å². The number of nitrogens with one attached hydrogen (secondary N) is 2. The highest BCUT2D eigenvalue weighted by atomic mass is 16.6. The Kier molecular flexibility index (Phi) is 5.39. The SMILES string of the molecule is CNC(=O)c1cc([N+](=O)[O-])ccc1N1CCCC(C(=O)NCC2CC2)C1. The van der Waals surface area contributed by atoms with Crippen molar-refractivity contribution in [2.45, 2.75) is 25.7 Å². The van der Waals surface area contributed by atoms with Gasteiger partial charge in [-0.05, 0) is 37.7 Å². The number of hydrogen-bond acceptors (Lipinski definition) is 5. The maximum atomic E-state index is 12.4. The van der Waals surface area contributed by atoms with Crippen molar-refractivity contribution in [3.63, 3.8) is 0 Å². The highest BCUT2D eigenvalue weighted by Gasteiger charge is 2.30. The van der Waals surface area contributed by atoms with Gasteiger partial charge in [0.1, 0.15) is 0 Å². The van der Waals surface area contributed by atoms with Crippen LogP contribution < -0.4 is 15.5 Å². The first kappa shape index (κ1) is 18.2. The number of nitro benzene ring substituents is 1. The largest absolute Gasteiger partial charge is 0.370 e. The van der Waals surface area contributed by atoms with E-state index in [2.05, 4.69) is 10.6 Å². The second-order valence-electron chi connectivity index (χ2n) is 7.01. The van der Waals surface area contributed by atoms with Crippen LogP contribution in [0.15, 0.2) is 18.2 Å². The van der Waals surface area contributed by atoms with Crippen LogP contribution in [0.2, 0.25) is 0 Å². The van der Waals surface area contributed by atoms with E-state index < -0.39 is 4.92 Å². The number of benzene rings is 1. The summed E-state index contributed by atoms with van der Waals surface area (Å²) >= 11 is 0. The van der Waals surface area contributed by atoms with Gasteiger partial charge in [-0.25, -0.2) is 0 Å². The molecule has 1 aromatic carbocycles. The summed E-state index contributed by atoms with van der Waals surface area (Å²) in [4.78, 5) is 37.1. The fourth-order valence-corrected chi connectivity index (χ4v) is 3.35. The summed E-state index contributed by atoms with van der Waals surface area (Å²) in [6.07, 6.45) is 4.03. The average Bonchev–Trinajstić information content (AvgIpc) is 3.49. The molecule has 0 aromatic heterocycles. The number of hydrogen-bond donors (Lipinski definition) is 2. The van der Waals surface area contributed by atoms with Crippen LogP contribution >= 0.6 is 0 Å². The number of non-ortho nitro benzene ring substituents is 1. The molecule has 0 spiro atoms. The van der Waals surface area contributed by atoms with Crippen molar-refractivity contribution in [2.75, 3.05) is 31.6 Å². The Labute approximate surface area is 152 Å². The van der Waals surface area contributed by atoms with Gasteiger partial charge in [0.2, 0.25) is 5.91 Å². The van der Waals surface area contributed by atoms with Gasteiger partial charge in [-0.2, -0.15) is 0 Å². The van der Waals surface area contributed by atoms with E-state index in [4.69, 9.17) is 0 Å². The summed E-state index contributed by atoms with van der Waals surface area (Å²) in [5.74, 6) is 0.192. The van der Waals surface area contributed by atoms with E-state index in [0.29, 0.717) is 24.7 Å². The lowest BCUT2D eigenvalue weighted by atomic mass is 9.95. The fourth-order valence-electron chi connectivity index (χ4n) is 3.35. The summed E-state index contributed by atoms with van der Waals surface area (Å²) in [5, 5.41) is 16.6. The summed E-state index contributed by atoms with van der Waals surface area (Å²) < 4.78 is 0. The number of anilines is 1. The quantitative estimate of drug-likeness (QED) is 0.593. The zero-order chi connectivity index (χ0) is 18.7. The Hall–Kier alpha value is -2.64. The second-order valence-corrected chi connectivity index (χ2v) is 7.01. The Morgan fingerprint density at radius 3 is 2.73 bits per heavy atom. The highest BCUT2D eigenvalue weighted by Crippen LogP contribution is 2.30. The first-order chi connectivity index (χ1) is 12.5. The molecule has 2 fully saturated rings. The minimum atomic E-state index is -0.513. The summed E-state index contributed by atoms with van der Waals surface area (Å²) in [6, 6.07) is 4.30. The summed E-state index contributed by atoms with van der Waals surface area (Å²) in [7, 11) is 1.50. The van der Waals surface area contributed by atoms with Gasteiger partial charge in [-0.3, -0.25) is 19.7 Å². The van der Waals surface area contributed by atoms with Crippen molar-refractivity contribution in [3.8, 4) is 0 Å². The molecule has 1 aliphatic heterocycles. The van der Waals surface area contributed by atoms with Gasteiger partial charge in [0.15, 0.2) is 0 Å². The molecule has 8 nitrogen and oxygen atoms in total. The lowest BCUT2D eigenvalue weighted by molar-refractivity contribution is -0.384. The molecule has 1 heterocycles. The topological polar surface area (TPSA) is 105 Å². The lowest BCUT2D eigenvalue weighted by Crippen LogP contribution is -2.44. The second kappa shape index (κ2) is 7.72. The van der Waals surface area contributed by atoms with Gasteiger partial charge in [-0.1, -0.05) is 0 Å². The molecule has 26 heavy (non-hydrogen) atoms. The Balaban J connectivity index is 1.77. The van der Waals surface area contributed by atoms with E-state index in [1.54, 1.807) is 6.07 Å². The van der Waals surface area contributed by atoms with Crippen LogP contribution in [0.1, 0.15) is 36.0 Å². The molecule has 0 radical (unpaired) electrons. The third kappa shape index (κ3) is 4.12. The number of nitrogens with zero attached hydrogens (tertiary/aromatic N) is 2. The minimum Gasteiger partial charge on any atom is -0.370 e. The third-order valence-corrected chi connectivity index (χ3v) is 5.06. The van der Waals surface area contributed by atoms with E-state index in [1.807, 2.05) is 4.90 Å². The van der Waals surface area contributed by atoms with Crippen LogP contribution in [0.3, 0.4) is 0 Å². The number of carbonyl (C=O) groups excluding carboxylic acids is 2. The van der Waals surface area contributed by atoms with Crippen LogP contribution in [0.5, 0.6) is 0 Å². The van der Waals surface area contributed by atoms with Gasteiger partial charge in [-0.15, -0.1) is 0 Å². The molecule has 0 bridgehead atoms. The van der Waals surface area contributed by atoms with Crippen LogP contribution in [-0.2, 0) is 4.79 Å². The molecule has 1 saturated carbocycles. The summed E-state index contributed by atoms with van der Waals surface area (Å²) in [6.45, 7) is 1.98. The smallest absolute Gasteiger partial charge is 0.270 e. The van der Waals surface area contributed by atoms with Crippen molar-refractivity contribution >= 4 is 23.2 Å². The molecular formula is C18H24N4O4. The number of rotatable bonds is 6. The molecule has 1 saturated heterocycles. The van der Waals surface area contributed by atoms with Crippen molar-refractivity contribution in [3.05, 3.63) is 33.9 Å². The minimum absolute atomic E-state index is 0.0602. The highest BCUT2D eigenvalue weighted by molar-refractivity contribution is 6.00. The molecule has 140 valence electrons. The van der Waals surface area contributed by atoms with Crippen LogP contribution in [-0.4, -0.2) is 43.4 Å². The molecule has 1 atom stereocenters. The number of carbonyl (C=O) groups is 2. The van der Waals surface area contributed by atoms with E-state index in [0.717, 1.165) is 19.4 Å². The monoisotopic (exact) mass is 360 g/mol. The van der Waals surface area contributed by atoms with E-state index >= 15 is 0 Å². The van der Waals surface area contributed by atoms with Gasteiger partial charge in [0.25, 0.3) is 11.6 Å². The number of amides is 2. The van der Waals surface area contributed by atoms with Crippen molar-refractivity contribution in [1.82, 2.24) is 10.6 Å². The average molecular weight is 360 g/mol. The standard InChI is InChI=1S/C18H24N4O4/c1-19-18(24)15-9-14(22(25)26)6-7-16(15)21-8-2-3-13(11-21)17(23)20-10-12-4-5-12/h6-7,9,12-13H,2-5,8,10-11H2,1H3,(H,19,24)(H,20,23). The third-order valence-electron chi connectivity index (χ3n) is 5.06. The molecule has 2 aliphatic rings. The lowest BCUT2D eigenvalue weighted by Gasteiger charge is -2.34. The van der Waals surface area contributed by atoms with Crippen LogP contribution in [0, 0.1) is 22.0 Å². The molecule has 1 aliphatic carbocycles. The molecule has 3 rings (SSSR count). The van der Waals surface area contributed by atoms with Crippen molar-refractivity contribution in [1.29, 1.82) is 0 Å². The Bertz CT molecular complexity index is 717. The van der Waals surface area contributed by atoms with Gasteiger partial charge >= 0.3 is 0 Å². The van der Waals surface area contributed by atoms with Crippen LogP contribution in [0.4, 0.5) is 11.4 Å². The predicted octanol–water partition coefficient (Wildman–Crippen LogP) is 1.70. The van der Waals surface area contributed by atoms with E-state index in [-0.39, 0.29) is 29.0 Å². The van der Waals surface area contributed by atoms with E-state index in [9.17, 15) is 19.7 Å². The summed E-state index contributed by atoms with van der Waals surface area (Å²) in [5.41, 5.74) is 0.776. The fraction of sp³-hybridized carbons (Fsp3) is 0.556. The maximum Gasteiger partial charge on any atom is 0.270 e. The van der Waals surface area contributed by atoms with Gasteiger partial charge in [0.05, 0.1) is 22.1 Å². The maximum absolute atomic E-state index is 12.4. The molecule has 2 N–H and O–H groups in total. The normalized spacial score (nSPS) is 19.7. The molecule has 8 heteroatoms. The molecule has 1 unspecified atom stereocenters. The van der Waals surface area contributed by atoms with E-state index in [1.165, 1.54) is 32.0 Å². The Morgan fingerprint density at radius 1 is 1.31 bits per heavy atom. The van der Waals surface area contributed by atoms with Crippen molar-refractivity contribution < 1.29 is 14.5 Å². The zero-order valence-electron chi connectivity index (χ0n) is 14.9. The predicted molar refractivity (Wildman–Crippen MR) is 97.2 cm³/mol. The van der Waals surface area contributed by atoms with Gasteiger partial charge in [0, 0.05) is 38.8 Å². The molecule has 2 amide bonds. The van der Waals surface area contributed by atoms with Crippen molar-refractivity contribution in [2.24, 2.45) is 11.8 Å².